The second-order valence-corrected chi connectivity index (χ2v) is 4.38. The average Bonchev–Trinajstić information content (AvgIpc) is 2.98. The van der Waals surface area contributed by atoms with Crippen molar-refractivity contribution in [1.29, 1.82) is 0 Å². The third kappa shape index (κ3) is 2.02. The van der Waals surface area contributed by atoms with E-state index < -0.39 is 0 Å². The zero-order valence-corrected chi connectivity index (χ0v) is 9.19. The highest BCUT2D eigenvalue weighted by Gasteiger charge is 2.38. The fourth-order valence-electron chi connectivity index (χ4n) is 1.77. The molecule has 2 rings (SSSR count). The van der Waals surface area contributed by atoms with E-state index in [4.69, 9.17) is 10.5 Å². The summed E-state index contributed by atoms with van der Waals surface area (Å²) < 4.78 is 5.01. The molecule has 0 heterocycles. The number of nitrogens with two attached hydrogens (primary N) is 1. The number of ether oxygens (including phenoxy) is 1. The Morgan fingerprint density at radius 1 is 1.56 bits per heavy atom. The summed E-state index contributed by atoms with van der Waals surface area (Å²) in [4.78, 5) is 10.9. The third-order valence-corrected chi connectivity index (χ3v) is 3.00. The Labute approximate surface area is 94.0 Å². The van der Waals surface area contributed by atoms with E-state index in [1.165, 1.54) is 13.2 Å². The van der Waals surface area contributed by atoms with Crippen LogP contribution in [-0.4, -0.2) is 24.0 Å². The van der Waals surface area contributed by atoms with Crippen LogP contribution in [0.3, 0.4) is 0 Å². The summed E-state index contributed by atoms with van der Waals surface area (Å²) in [5, 5.41) is 9.55. The lowest BCUT2D eigenvalue weighted by Crippen LogP contribution is -2.25. The monoisotopic (exact) mass is 221 g/mol. The first-order chi connectivity index (χ1) is 7.58. The largest absolute Gasteiger partial charge is 0.504 e. The minimum absolute atomic E-state index is 0.0183. The van der Waals surface area contributed by atoms with Crippen LogP contribution in [0.15, 0.2) is 12.1 Å². The van der Waals surface area contributed by atoms with Crippen molar-refractivity contribution in [3.63, 3.8) is 0 Å². The van der Waals surface area contributed by atoms with Gasteiger partial charge < -0.3 is 15.6 Å². The first kappa shape index (κ1) is 11.0. The van der Waals surface area contributed by atoms with Crippen molar-refractivity contribution in [2.45, 2.75) is 24.8 Å². The lowest BCUT2D eigenvalue weighted by atomic mass is 9.99. The van der Waals surface area contributed by atoms with Crippen molar-refractivity contribution >= 4 is 6.29 Å². The van der Waals surface area contributed by atoms with Gasteiger partial charge in [0, 0.05) is 11.1 Å². The Bertz CT molecular complexity index is 425. The van der Waals surface area contributed by atoms with E-state index in [-0.39, 0.29) is 11.3 Å². The second kappa shape index (κ2) is 3.79. The number of carbonyl (C=O) groups is 1. The first-order valence-electron chi connectivity index (χ1n) is 5.22. The molecule has 1 aromatic rings. The van der Waals surface area contributed by atoms with Gasteiger partial charge in [0.25, 0.3) is 0 Å². The van der Waals surface area contributed by atoms with Gasteiger partial charge in [0.05, 0.1) is 7.11 Å². The standard InChI is InChI=1S/C12H15NO3/c1-16-11-5-8(6-12(13)2-3-12)9(7-14)4-10(11)15/h4-5,7,15H,2-3,6,13H2,1H3. The van der Waals surface area contributed by atoms with Gasteiger partial charge >= 0.3 is 0 Å². The molecule has 0 aliphatic heterocycles. The molecule has 1 aliphatic carbocycles. The van der Waals surface area contributed by atoms with Crippen LogP contribution < -0.4 is 10.5 Å². The Kier molecular flexibility index (Phi) is 2.59. The molecule has 0 radical (unpaired) electrons. The number of hydrogen-bond acceptors (Lipinski definition) is 4. The van der Waals surface area contributed by atoms with Crippen molar-refractivity contribution in [3.8, 4) is 11.5 Å². The number of carbonyl (C=O) groups excluding carboxylic acids is 1. The van der Waals surface area contributed by atoms with Crippen LogP contribution in [0, 0.1) is 0 Å². The molecule has 4 heteroatoms. The van der Waals surface area contributed by atoms with Crippen molar-refractivity contribution in [3.05, 3.63) is 23.3 Å². The predicted octanol–water partition coefficient (Wildman–Crippen LogP) is 1.25. The molecule has 86 valence electrons. The summed E-state index contributed by atoms with van der Waals surface area (Å²) >= 11 is 0. The fourth-order valence-corrected chi connectivity index (χ4v) is 1.77. The summed E-state index contributed by atoms with van der Waals surface area (Å²) in [5.41, 5.74) is 7.16. The number of hydrogen-bond donors (Lipinski definition) is 2. The van der Waals surface area contributed by atoms with Crippen molar-refractivity contribution in [2.75, 3.05) is 7.11 Å². The molecule has 3 N–H and O–H groups in total. The highest BCUT2D eigenvalue weighted by Crippen LogP contribution is 2.38. The first-order valence-corrected chi connectivity index (χ1v) is 5.22. The van der Waals surface area contributed by atoms with E-state index in [1.54, 1.807) is 6.07 Å². The number of benzene rings is 1. The minimum Gasteiger partial charge on any atom is -0.504 e. The van der Waals surface area contributed by atoms with Gasteiger partial charge in [0.1, 0.15) is 6.29 Å². The SMILES string of the molecule is COc1cc(CC2(N)CC2)c(C=O)cc1O. The summed E-state index contributed by atoms with van der Waals surface area (Å²) in [6, 6.07) is 3.11. The Balaban J connectivity index is 2.36. The molecule has 4 nitrogen and oxygen atoms in total. The molecule has 0 saturated heterocycles. The molecule has 0 aromatic heterocycles. The van der Waals surface area contributed by atoms with E-state index in [9.17, 15) is 9.90 Å². The van der Waals surface area contributed by atoms with Gasteiger partial charge in [-0.1, -0.05) is 0 Å². The quantitative estimate of drug-likeness (QED) is 0.750. The fraction of sp³-hybridized carbons (Fsp3) is 0.417. The molecule has 1 aromatic carbocycles. The molecular formula is C12H15NO3. The molecule has 1 aliphatic rings. The van der Waals surface area contributed by atoms with Crippen LogP contribution in [0.4, 0.5) is 0 Å². The van der Waals surface area contributed by atoms with Gasteiger partial charge in [-0.25, -0.2) is 0 Å². The maximum Gasteiger partial charge on any atom is 0.160 e. The molecule has 16 heavy (non-hydrogen) atoms. The van der Waals surface area contributed by atoms with Crippen LogP contribution in [0.5, 0.6) is 11.5 Å². The van der Waals surface area contributed by atoms with Gasteiger partial charge in [-0.05, 0) is 37.0 Å². The Morgan fingerprint density at radius 2 is 2.25 bits per heavy atom. The number of methoxy groups -OCH3 is 1. The highest BCUT2D eigenvalue weighted by atomic mass is 16.5. The smallest absolute Gasteiger partial charge is 0.160 e. The van der Waals surface area contributed by atoms with E-state index in [0.29, 0.717) is 17.7 Å². The zero-order valence-electron chi connectivity index (χ0n) is 9.19. The number of phenolic OH excluding ortho intramolecular Hbond substituents is 1. The van der Waals surface area contributed by atoms with E-state index in [1.807, 2.05) is 0 Å². The van der Waals surface area contributed by atoms with Crippen molar-refractivity contribution in [1.82, 2.24) is 0 Å². The van der Waals surface area contributed by atoms with E-state index in [0.717, 1.165) is 24.7 Å². The predicted molar refractivity (Wildman–Crippen MR) is 59.9 cm³/mol. The zero-order chi connectivity index (χ0) is 11.8. The Morgan fingerprint density at radius 3 is 2.75 bits per heavy atom. The normalized spacial score (nSPS) is 16.9. The summed E-state index contributed by atoms with van der Waals surface area (Å²) in [5.74, 6) is 0.361. The topological polar surface area (TPSA) is 72.5 Å². The molecule has 0 bridgehead atoms. The van der Waals surface area contributed by atoms with Crippen LogP contribution >= 0.6 is 0 Å². The molecule has 1 fully saturated rings. The van der Waals surface area contributed by atoms with Gasteiger partial charge in [-0.3, -0.25) is 4.79 Å². The second-order valence-electron chi connectivity index (χ2n) is 4.38. The lowest BCUT2D eigenvalue weighted by molar-refractivity contribution is 0.112. The van der Waals surface area contributed by atoms with E-state index in [2.05, 4.69) is 0 Å². The van der Waals surface area contributed by atoms with Gasteiger partial charge in [0.2, 0.25) is 0 Å². The van der Waals surface area contributed by atoms with Crippen LogP contribution in [0.25, 0.3) is 0 Å². The van der Waals surface area contributed by atoms with Crippen molar-refractivity contribution < 1.29 is 14.6 Å². The molecule has 0 atom stereocenters. The minimum atomic E-state index is -0.167. The highest BCUT2D eigenvalue weighted by molar-refractivity contribution is 5.79. The van der Waals surface area contributed by atoms with Crippen LogP contribution in [0.1, 0.15) is 28.8 Å². The molecule has 0 amide bonds. The average molecular weight is 221 g/mol. The number of rotatable bonds is 4. The van der Waals surface area contributed by atoms with E-state index >= 15 is 0 Å². The van der Waals surface area contributed by atoms with Crippen LogP contribution in [0.2, 0.25) is 0 Å². The summed E-state index contributed by atoms with van der Waals surface area (Å²) in [6.45, 7) is 0. The maximum absolute atomic E-state index is 10.9. The van der Waals surface area contributed by atoms with Gasteiger partial charge in [-0.15, -0.1) is 0 Å². The van der Waals surface area contributed by atoms with Gasteiger partial charge in [0.15, 0.2) is 11.5 Å². The molecular weight excluding hydrogens is 206 g/mol. The Hall–Kier alpha value is -1.55. The van der Waals surface area contributed by atoms with Gasteiger partial charge in [-0.2, -0.15) is 0 Å². The number of aromatic hydroxyl groups is 1. The maximum atomic E-state index is 10.9. The van der Waals surface area contributed by atoms with Crippen LogP contribution in [-0.2, 0) is 6.42 Å². The third-order valence-electron chi connectivity index (χ3n) is 3.00. The summed E-state index contributed by atoms with van der Waals surface area (Å²) in [7, 11) is 1.48. The van der Waals surface area contributed by atoms with Crippen molar-refractivity contribution in [2.24, 2.45) is 5.73 Å². The lowest BCUT2D eigenvalue weighted by Gasteiger charge is -2.13. The number of phenols is 1. The molecule has 0 spiro atoms. The number of aldehydes is 1. The summed E-state index contributed by atoms with van der Waals surface area (Å²) in [6.07, 6.45) is 3.35. The molecule has 0 unspecified atom stereocenters. The molecule has 1 saturated carbocycles.